The number of benzene rings is 1. The van der Waals surface area contributed by atoms with Crippen LogP contribution in [0.4, 0.5) is 0 Å². The van der Waals surface area contributed by atoms with Crippen molar-refractivity contribution in [1.82, 2.24) is 19.3 Å². The third kappa shape index (κ3) is 5.55. The summed E-state index contributed by atoms with van der Waals surface area (Å²) in [6.45, 7) is 2.78. The van der Waals surface area contributed by atoms with E-state index in [1.54, 1.807) is 6.20 Å². The molecule has 0 radical (unpaired) electrons. The topological polar surface area (TPSA) is 104 Å². The van der Waals surface area contributed by atoms with E-state index in [9.17, 15) is 14.4 Å². The van der Waals surface area contributed by atoms with Gasteiger partial charge in [-0.15, -0.1) is 0 Å². The van der Waals surface area contributed by atoms with Gasteiger partial charge in [0.1, 0.15) is 23.3 Å². The molecular weight excluding hydrogens is 448 g/mol. The molecule has 1 amide bonds. The molecule has 1 saturated carbocycles. The Bertz CT molecular complexity index is 1240. The molecule has 4 rings (SSSR count). The number of aromatic nitrogens is 3. The van der Waals surface area contributed by atoms with E-state index >= 15 is 0 Å². The Morgan fingerprint density at radius 3 is 2.49 bits per heavy atom. The molecule has 35 heavy (non-hydrogen) atoms. The Kier molecular flexibility index (Phi) is 7.84. The van der Waals surface area contributed by atoms with Crippen molar-refractivity contribution < 1.29 is 19.1 Å². The highest BCUT2D eigenvalue weighted by molar-refractivity contribution is 5.96. The maximum atomic E-state index is 13.6. The molecule has 1 fully saturated rings. The summed E-state index contributed by atoms with van der Waals surface area (Å²) < 4.78 is 13.2. The molecule has 0 unspecified atom stereocenters. The third-order valence-corrected chi connectivity index (χ3v) is 6.45. The van der Waals surface area contributed by atoms with Crippen molar-refractivity contribution in [3.8, 4) is 5.75 Å². The first-order valence-corrected chi connectivity index (χ1v) is 12.2. The fourth-order valence-electron chi connectivity index (χ4n) is 4.60. The second-order valence-electron chi connectivity index (χ2n) is 8.80. The van der Waals surface area contributed by atoms with Crippen LogP contribution in [-0.2, 0) is 17.7 Å². The lowest BCUT2D eigenvalue weighted by molar-refractivity contribution is 0.0596. The normalized spacial score (nSPS) is 14.5. The van der Waals surface area contributed by atoms with Gasteiger partial charge in [-0.2, -0.15) is 0 Å². The number of amides is 1. The summed E-state index contributed by atoms with van der Waals surface area (Å²) in [4.78, 5) is 43.2. The van der Waals surface area contributed by atoms with E-state index < -0.39 is 11.5 Å². The summed E-state index contributed by atoms with van der Waals surface area (Å²) in [5.74, 6) is -0.213. The van der Waals surface area contributed by atoms with Gasteiger partial charge in [-0.3, -0.25) is 14.0 Å². The zero-order chi connectivity index (χ0) is 24.8. The minimum atomic E-state index is -0.696. The number of ether oxygens (including phenoxy) is 2. The van der Waals surface area contributed by atoms with Gasteiger partial charge in [0.25, 0.3) is 11.5 Å². The molecule has 1 N–H and O–H groups in total. The summed E-state index contributed by atoms with van der Waals surface area (Å²) in [6, 6.07) is 7.74. The maximum absolute atomic E-state index is 13.6. The lowest BCUT2D eigenvalue weighted by atomic mass is 10.1. The molecule has 0 atom stereocenters. The Morgan fingerprint density at radius 2 is 1.83 bits per heavy atom. The predicted molar refractivity (Wildman–Crippen MR) is 131 cm³/mol. The van der Waals surface area contributed by atoms with Gasteiger partial charge < -0.3 is 19.4 Å². The van der Waals surface area contributed by atoms with Crippen molar-refractivity contribution >= 4 is 17.4 Å². The van der Waals surface area contributed by atoms with Crippen molar-refractivity contribution in [2.24, 2.45) is 0 Å². The molecule has 9 heteroatoms. The lowest BCUT2D eigenvalue weighted by Crippen LogP contribution is -2.39. The first-order chi connectivity index (χ1) is 17.0. The Morgan fingerprint density at radius 1 is 1.11 bits per heavy atom. The van der Waals surface area contributed by atoms with Crippen molar-refractivity contribution in [2.45, 2.75) is 64.5 Å². The number of aryl methyl sites for hydroxylation is 1. The Labute approximate surface area is 204 Å². The summed E-state index contributed by atoms with van der Waals surface area (Å²) in [5.41, 5.74) is 0.809. The van der Waals surface area contributed by atoms with Gasteiger partial charge >= 0.3 is 5.97 Å². The van der Waals surface area contributed by atoms with E-state index in [1.807, 2.05) is 31.2 Å². The van der Waals surface area contributed by atoms with Gasteiger partial charge in [0.05, 0.1) is 13.7 Å². The van der Waals surface area contributed by atoms with Crippen LogP contribution in [0.3, 0.4) is 0 Å². The predicted octanol–water partition coefficient (Wildman–Crippen LogP) is 3.38. The van der Waals surface area contributed by atoms with Crippen molar-refractivity contribution in [3.05, 3.63) is 64.1 Å². The summed E-state index contributed by atoms with van der Waals surface area (Å²) in [5, 5.41) is 3.13. The molecule has 0 aliphatic heterocycles. The average Bonchev–Trinajstić information content (AvgIpc) is 3.13. The molecule has 1 aliphatic rings. The smallest absolute Gasteiger partial charge is 0.359 e. The number of hydrogen-bond acceptors (Lipinski definition) is 6. The zero-order valence-electron chi connectivity index (χ0n) is 20.3. The summed E-state index contributed by atoms with van der Waals surface area (Å²) >= 11 is 0. The average molecular weight is 481 g/mol. The van der Waals surface area contributed by atoms with Gasteiger partial charge in [-0.1, -0.05) is 37.8 Å². The van der Waals surface area contributed by atoms with Crippen molar-refractivity contribution in [3.63, 3.8) is 0 Å². The fourth-order valence-corrected chi connectivity index (χ4v) is 4.60. The van der Waals surface area contributed by atoms with Crippen LogP contribution in [0.5, 0.6) is 5.75 Å². The SMILES string of the molecule is CCOc1ccc(CCn2c(C(=O)NC3CCCCCC3)cn3cnc(C(=O)OC)c3c2=O)cc1. The molecule has 2 aromatic heterocycles. The highest BCUT2D eigenvalue weighted by Crippen LogP contribution is 2.18. The second-order valence-corrected chi connectivity index (χ2v) is 8.80. The van der Waals surface area contributed by atoms with E-state index in [1.165, 1.54) is 35.2 Å². The number of nitrogens with zero attached hydrogens (tertiary/aromatic N) is 3. The molecule has 2 heterocycles. The fraction of sp³-hybridized carbons (Fsp3) is 0.462. The van der Waals surface area contributed by atoms with Crippen LogP contribution in [-0.4, -0.2) is 45.6 Å². The molecule has 0 bridgehead atoms. The van der Waals surface area contributed by atoms with Crippen LogP contribution >= 0.6 is 0 Å². The van der Waals surface area contributed by atoms with E-state index in [0.717, 1.165) is 37.0 Å². The van der Waals surface area contributed by atoms with E-state index in [-0.39, 0.29) is 35.4 Å². The number of rotatable bonds is 8. The van der Waals surface area contributed by atoms with E-state index in [2.05, 4.69) is 10.3 Å². The standard InChI is InChI=1S/C26H32N4O5/c1-3-35-20-12-10-18(11-13-20)14-15-30-21(24(31)28-19-8-6-4-5-7-9-19)16-29-17-27-22(26(33)34-2)23(29)25(30)32/h10-13,16-17,19H,3-9,14-15H2,1-2H3,(H,28,31). The van der Waals surface area contributed by atoms with Gasteiger partial charge in [-0.05, 0) is 43.9 Å². The molecule has 0 spiro atoms. The minimum absolute atomic E-state index is 0.0666. The molecule has 186 valence electrons. The number of hydrogen-bond donors (Lipinski definition) is 1. The van der Waals surface area contributed by atoms with Crippen LogP contribution in [0.25, 0.3) is 5.52 Å². The number of fused-ring (bicyclic) bond motifs is 1. The monoisotopic (exact) mass is 480 g/mol. The molecule has 9 nitrogen and oxygen atoms in total. The first-order valence-electron chi connectivity index (χ1n) is 12.2. The zero-order valence-corrected chi connectivity index (χ0v) is 20.3. The largest absolute Gasteiger partial charge is 0.494 e. The lowest BCUT2D eigenvalue weighted by Gasteiger charge is -2.19. The Hall–Kier alpha value is -3.62. The van der Waals surface area contributed by atoms with Gasteiger partial charge in [-0.25, -0.2) is 9.78 Å². The molecule has 3 aromatic rings. The van der Waals surface area contributed by atoms with Crippen molar-refractivity contribution in [2.75, 3.05) is 13.7 Å². The number of esters is 1. The number of carbonyl (C=O) groups is 2. The van der Waals surface area contributed by atoms with E-state index in [4.69, 9.17) is 9.47 Å². The van der Waals surface area contributed by atoms with Crippen LogP contribution in [0, 0.1) is 0 Å². The highest BCUT2D eigenvalue weighted by Gasteiger charge is 2.24. The highest BCUT2D eigenvalue weighted by atomic mass is 16.5. The van der Waals surface area contributed by atoms with Crippen LogP contribution < -0.4 is 15.6 Å². The molecule has 1 aromatic carbocycles. The third-order valence-electron chi connectivity index (χ3n) is 6.45. The van der Waals surface area contributed by atoms with E-state index in [0.29, 0.717) is 13.0 Å². The summed E-state index contributed by atoms with van der Waals surface area (Å²) in [7, 11) is 1.24. The van der Waals surface area contributed by atoms with Gasteiger partial charge in [0.15, 0.2) is 5.69 Å². The maximum Gasteiger partial charge on any atom is 0.359 e. The van der Waals surface area contributed by atoms with Crippen LogP contribution in [0.1, 0.15) is 72.0 Å². The van der Waals surface area contributed by atoms with Crippen molar-refractivity contribution in [1.29, 1.82) is 0 Å². The molecule has 0 saturated heterocycles. The first kappa shape index (κ1) is 24.5. The number of methoxy groups -OCH3 is 1. The second kappa shape index (κ2) is 11.2. The molecular formula is C26H32N4O5. The number of imidazole rings is 1. The molecule has 1 aliphatic carbocycles. The van der Waals surface area contributed by atoms with Crippen LogP contribution in [0.2, 0.25) is 0 Å². The number of carbonyl (C=O) groups excluding carboxylic acids is 2. The quantitative estimate of drug-likeness (QED) is 0.392. The minimum Gasteiger partial charge on any atom is -0.494 e. The van der Waals surface area contributed by atoms with Crippen LogP contribution in [0.15, 0.2) is 41.6 Å². The van der Waals surface area contributed by atoms with Gasteiger partial charge in [0, 0.05) is 18.8 Å². The summed E-state index contributed by atoms with van der Waals surface area (Å²) in [6.07, 6.45) is 9.84. The number of nitrogens with one attached hydrogen (secondary N) is 1. The Balaban J connectivity index is 1.68. The van der Waals surface area contributed by atoms with Gasteiger partial charge in [0.2, 0.25) is 0 Å².